The first-order valence-electron chi connectivity index (χ1n) is 11.3. The number of halogens is 1. The van der Waals surface area contributed by atoms with E-state index >= 15 is 0 Å². The van der Waals surface area contributed by atoms with E-state index in [2.05, 4.69) is 10.1 Å². The van der Waals surface area contributed by atoms with Gasteiger partial charge in [0.2, 0.25) is 0 Å². The summed E-state index contributed by atoms with van der Waals surface area (Å²) < 4.78 is 35.5. The van der Waals surface area contributed by atoms with Crippen molar-refractivity contribution < 1.29 is 32.7 Å². The lowest BCUT2D eigenvalue weighted by Crippen LogP contribution is -2.16. The van der Waals surface area contributed by atoms with Crippen molar-refractivity contribution in [3.63, 3.8) is 0 Å². The molecule has 0 aliphatic heterocycles. The van der Waals surface area contributed by atoms with E-state index in [1.54, 1.807) is 50.2 Å². The van der Waals surface area contributed by atoms with Crippen molar-refractivity contribution in [2.45, 2.75) is 33.7 Å². The van der Waals surface area contributed by atoms with Crippen molar-refractivity contribution >= 4 is 17.6 Å². The first-order valence-corrected chi connectivity index (χ1v) is 11.3. The van der Waals surface area contributed by atoms with Crippen LogP contribution in [0.25, 0.3) is 0 Å². The molecule has 10 heteroatoms. The van der Waals surface area contributed by atoms with Crippen molar-refractivity contribution in [3.8, 4) is 5.75 Å². The van der Waals surface area contributed by atoms with Crippen molar-refractivity contribution in [1.29, 1.82) is 0 Å². The van der Waals surface area contributed by atoms with E-state index in [0.29, 0.717) is 28.1 Å². The van der Waals surface area contributed by atoms with Crippen LogP contribution in [-0.2, 0) is 29.3 Å². The zero-order valence-electron chi connectivity index (χ0n) is 20.2. The number of carbonyl (C=O) groups excluding carboxylic acids is 2. The van der Waals surface area contributed by atoms with Gasteiger partial charge in [0.15, 0.2) is 5.69 Å². The molecular weight excluding hydrogens is 481 g/mol. The summed E-state index contributed by atoms with van der Waals surface area (Å²) in [6, 6.07) is 14.1. The van der Waals surface area contributed by atoms with Gasteiger partial charge in [-0.05, 0) is 55.3 Å². The molecule has 0 unspecified atom stereocenters. The van der Waals surface area contributed by atoms with Gasteiger partial charge in [0.25, 0.3) is 0 Å². The van der Waals surface area contributed by atoms with E-state index in [9.17, 15) is 14.0 Å². The molecule has 0 amide bonds. The van der Waals surface area contributed by atoms with Crippen LogP contribution in [0.2, 0.25) is 0 Å². The number of hydrogen-bond donors (Lipinski definition) is 1. The molecule has 2 aromatic heterocycles. The Balaban J connectivity index is 1.53. The van der Waals surface area contributed by atoms with E-state index in [4.69, 9.17) is 24.5 Å². The van der Waals surface area contributed by atoms with E-state index in [0.717, 1.165) is 0 Å². The van der Waals surface area contributed by atoms with Gasteiger partial charge < -0.3 is 24.5 Å². The minimum Gasteiger partial charge on any atom is -0.489 e. The fraction of sp³-hybridized carbons (Fsp3) is 0.185. The lowest BCUT2D eigenvalue weighted by atomic mass is 10.1. The third-order valence-corrected chi connectivity index (χ3v) is 5.34. The Morgan fingerprint density at radius 1 is 1.00 bits per heavy atom. The van der Waals surface area contributed by atoms with Crippen LogP contribution in [0.3, 0.4) is 0 Å². The third-order valence-electron chi connectivity index (χ3n) is 5.34. The van der Waals surface area contributed by atoms with Gasteiger partial charge in [0.1, 0.15) is 29.6 Å². The second-order valence-electron chi connectivity index (χ2n) is 8.23. The van der Waals surface area contributed by atoms with Gasteiger partial charge in [-0.3, -0.25) is 0 Å². The Hall–Kier alpha value is -4.57. The summed E-state index contributed by atoms with van der Waals surface area (Å²) in [6.45, 7) is 3.66. The largest absolute Gasteiger partial charge is 0.489 e. The highest BCUT2D eigenvalue weighted by molar-refractivity contribution is 6.04. The summed E-state index contributed by atoms with van der Waals surface area (Å²) in [5.41, 5.74) is 8.02. The molecule has 0 aliphatic carbocycles. The predicted octanol–water partition coefficient (Wildman–Crippen LogP) is 4.70. The van der Waals surface area contributed by atoms with Gasteiger partial charge in [0.05, 0.1) is 24.5 Å². The van der Waals surface area contributed by atoms with Crippen LogP contribution in [-0.4, -0.2) is 22.1 Å². The number of carbonyl (C=O) groups is 2. The maximum Gasteiger partial charge on any atom is 0.366 e. The minimum absolute atomic E-state index is 0.0292. The Morgan fingerprint density at radius 3 is 2.57 bits per heavy atom. The second-order valence-corrected chi connectivity index (χ2v) is 8.23. The normalized spacial score (nSPS) is 10.8. The summed E-state index contributed by atoms with van der Waals surface area (Å²) in [4.78, 5) is 29.3. The first kappa shape index (κ1) is 25.5. The van der Waals surface area contributed by atoms with Crippen molar-refractivity contribution in [2.24, 2.45) is 0 Å². The molecule has 0 radical (unpaired) electrons. The van der Waals surface area contributed by atoms with E-state index in [1.807, 2.05) is 0 Å². The maximum absolute atomic E-state index is 14.0. The lowest BCUT2D eigenvalue weighted by molar-refractivity contribution is 0.0393. The number of anilines is 1. The molecule has 0 bridgehead atoms. The summed E-state index contributed by atoms with van der Waals surface area (Å²) in [5, 5.41) is 3.87. The number of benzene rings is 2. The molecule has 0 saturated carbocycles. The monoisotopic (exact) mass is 505 g/mol. The molecule has 2 heterocycles. The van der Waals surface area contributed by atoms with Crippen LogP contribution in [0.5, 0.6) is 5.75 Å². The number of aromatic nitrogens is 2. The molecule has 0 spiro atoms. The number of aryl methyl sites for hydroxylation is 2. The summed E-state index contributed by atoms with van der Waals surface area (Å²) in [6.07, 6.45) is 1.40. The average Bonchev–Trinajstić information content (AvgIpc) is 3.29. The standard InChI is InChI=1S/C27H24FN3O6/c1-16-7-8-30-25(24(16)29)27(33)36-26(32)20-10-18(13-34-15-21-9-17(2)37-31-21)11-22(12-20)35-14-19-5-3-4-6-23(19)28/h3-12H,13-15,29H2,1-2H3. The number of pyridine rings is 1. The Bertz CT molecular complexity index is 1440. The Kier molecular flexibility index (Phi) is 7.89. The number of esters is 2. The Labute approximate surface area is 212 Å². The molecule has 2 N–H and O–H groups in total. The van der Waals surface area contributed by atoms with Crippen molar-refractivity contribution in [2.75, 3.05) is 5.73 Å². The third kappa shape index (κ3) is 6.56. The number of nitrogen functional groups attached to an aromatic ring is 1. The first-order chi connectivity index (χ1) is 17.8. The van der Waals surface area contributed by atoms with Gasteiger partial charge in [-0.15, -0.1) is 0 Å². The number of hydrogen-bond acceptors (Lipinski definition) is 9. The summed E-state index contributed by atoms with van der Waals surface area (Å²) >= 11 is 0. The molecule has 2 aromatic carbocycles. The molecule has 190 valence electrons. The number of ether oxygens (including phenoxy) is 3. The Morgan fingerprint density at radius 2 is 1.81 bits per heavy atom. The van der Waals surface area contributed by atoms with Gasteiger partial charge in [-0.1, -0.05) is 23.4 Å². The molecule has 0 aliphatic rings. The lowest BCUT2D eigenvalue weighted by Gasteiger charge is -2.12. The number of rotatable bonds is 9. The van der Waals surface area contributed by atoms with E-state index in [-0.39, 0.29) is 42.5 Å². The average molecular weight is 506 g/mol. The van der Waals surface area contributed by atoms with Crippen LogP contribution < -0.4 is 10.5 Å². The van der Waals surface area contributed by atoms with Crippen molar-refractivity contribution in [1.82, 2.24) is 10.1 Å². The van der Waals surface area contributed by atoms with Crippen LogP contribution >= 0.6 is 0 Å². The molecule has 9 nitrogen and oxygen atoms in total. The van der Waals surface area contributed by atoms with E-state index in [1.165, 1.54) is 24.4 Å². The molecule has 0 fully saturated rings. The summed E-state index contributed by atoms with van der Waals surface area (Å²) in [5.74, 6) is -1.42. The van der Waals surface area contributed by atoms with Crippen LogP contribution in [0, 0.1) is 19.7 Å². The SMILES string of the molecule is Cc1cc(COCc2cc(OCc3ccccc3F)cc(C(=O)OC(=O)c3nccc(C)c3N)c2)no1. The van der Waals surface area contributed by atoms with Gasteiger partial charge in [0, 0.05) is 17.8 Å². The highest BCUT2D eigenvalue weighted by Crippen LogP contribution is 2.22. The van der Waals surface area contributed by atoms with Gasteiger partial charge >= 0.3 is 11.9 Å². The second kappa shape index (κ2) is 11.4. The molecular formula is C27H24FN3O6. The molecule has 4 aromatic rings. The van der Waals surface area contributed by atoms with Gasteiger partial charge in [-0.2, -0.15) is 0 Å². The smallest absolute Gasteiger partial charge is 0.366 e. The quantitative estimate of drug-likeness (QED) is 0.254. The molecule has 0 saturated heterocycles. The maximum atomic E-state index is 14.0. The fourth-order valence-corrected chi connectivity index (χ4v) is 3.41. The van der Waals surface area contributed by atoms with Gasteiger partial charge in [-0.25, -0.2) is 19.0 Å². The highest BCUT2D eigenvalue weighted by Gasteiger charge is 2.21. The number of nitrogens with two attached hydrogens (primary N) is 1. The zero-order valence-corrected chi connectivity index (χ0v) is 20.2. The van der Waals surface area contributed by atoms with Crippen LogP contribution in [0.1, 0.15) is 49.0 Å². The molecule has 0 atom stereocenters. The summed E-state index contributed by atoms with van der Waals surface area (Å²) in [7, 11) is 0. The molecule has 4 rings (SSSR count). The van der Waals surface area contributed by atoms with E-state index < -0.39 is 17.8 Å². The number of nitrogens with zero attached hydrogens (tertiary/aromatic N) is 2. The van der Waals surface area contributed by atoms with Crippen molar-refractivity contribution in [3.05, 3.63) is 106 Å². The van der Waals surface area contributed by atoms with Crippen LogP contribution in [0.4, 0.5) is 10.1 Å². The minimum atomic E-state index is -0.983. The topological polar surface area (TPSA) is 127 Å². The highest BCUT2D eigenvalue weighted by atomic mass is 19.1. The fourth-order valence-electron chi connectivity index (χ4n) is 3.41. The predicted molar refractivity (Wildman–Crippen MR) is 130 cm³/mol. The zero-order chi connectivity index (χ0) is 26.4. The molecule has 37 heavy (non-hydrogen) atoms. The van der Waals surface area contributed by atoms with Crippen LogP contribution in [0.15, 0.2) is 65.3 Å².